The van der Waals surface area contributed by atoms with Crippen LogP contribution in [0.15, 0.2) is 73.5 Å². The van der Waals surface area contributed by atoms with Crippen LogP contribution < -0.4 is 9.30 Å². The van der Waals surface area contributed by atoms with Crippen LogP contribution in [0.4, 0.5) is 0 Å². The Kier molecular flexibility index (Phi) is 10.6. The van der Waals surface area contributed by atoms with Gasteiger partial charge in [0.1, 0.15) is 43.7 Å². The van der Waals surface area contributed by atoms with Gasteiger partial charge in [0.15, 0.2) is 0 Å². The molecule has 1 fully saturated rings. The van der Waals surface area contributed by atoms with E-state index < -0.39 is 29.8 Å². The van der Waals surface area contributed by atoms with E-state index in [2.05, 4.69) is 58.9 Å². The first-order valence-corrected chi connectivity index (χ1v) is 15.0. The molecule has 10 nitrogen and oxygen atoms in total. The van der Waals surface area contributed by atoms with Crippen LogP contribution in [0.5, 0.6) is 5.75 Å². The summed E-state index contributed by atoms with van der Waals surface area (Å²) in [4.78, 5) is 50.1. The number of aryl methyl sites for hydroxylation is 3. The number of imidazole rings is 1. The smallest absolute Gasteiger partial charge is 0.355 e. The molecule has 0 N–H and O–H groups in total. The van der Waals surface area contributed by atoms with Crippen LogP contribution in [-0.2, 0) is 48.9 Å². The average Bonchev–Trinajstić information content (AvgIpc) is 3.49. The van der Waals surface area contributed by atoms with Gasteiger partial charge in [-0.1, -0.05) is 38.6 Å². The maximum atomic E-state index is 13.3. The Morgan fingerprint density at radius 1 is 1.21 bits per heavy atom. The molecule has 2 aromatic rings. The number of carbonyl (C=O) groups is 3. The molecular weight excluding hydrogens is 653 g/mol. The van der Waals surface area contributed by atoms with E-state index in [9.17, 15) is 14.4 Å². The van der Waals surface area contributed by atoms with Gasteiger partial charge >= 0.3 is 11.9 Å². The van der Waals surface area contributed by atoms with Gasteiger partial charge in [-0.25, -0.2) is 18.7 Å². The Balaban J connectivity index is 1.45. The minimum atomic E-state index is -0.773. The highest BCUT2D eigenvalue weighted by molar-refractivity contribution is 14.1. The topological polar surface area (TPSA) is 100 Å². The van der Waals surface area contributed by atoms with Crippen LogP contribution in [0.2, 0.25) is 0 Å². The summed E-state index contributed by atoms with van der Waals surface area (Å²) in [5.74, 6) is -2.63. The quantitative estimate of drug-likeness (QED) is 0.0411. The summed E-state index contributed by atoms with van der Waals surface area (Å²) in [6.45, 7) is 11.7. The molecule has 0 radical (unpaired) electrons. The summed E-state index contributed by atoms with van der Waals surface area (Å²) in [7, 11) is 2.00. The van der Waals surface area contributed by atoms with E-state index in [0.29, 0.717) is 11.3 Å². The van der Waals surface area contributed by atoms with Gasteiger partial charge in [0.25, 0.3) is 0 Å². The number of carbonyl (C=O) groups excluding carboxylic acids is 3. The number of nitrogens with zero attached hydrogens (tertiary/aromatic N) is 3. The molecule has 1 saturated heterocycles. The molecular formula is C31H37IN3O7+. The van der Waals surface area contributed by atoms with Crippen molar-refractivity contribution in [2.45, 2.75) is 39.3 Å². The van der Waals surface area contributed by atoms with E-state index in [1.54, 1.807) is 6.92 Å². The van der Waals surface area contributed by atoms with E-state index in [1.807, 2.05) is 36.9 Å². The minimum absolute atomic E-state index is 0.00644. The summed E-state index contributed by atoms with van der Waals surface area (Å²) in [6.07, 6.45) is 11.0. The molecule has 0 bridgehead atoms. The third-order valence-corrected chi connectivity index (χ3v) is 8.49. The molecule has 224 valence electrons. The van der Waals surface area contributed by atoms with Crippen molar-refractivity contribution in [3.8, 4) is 5.75 Å². The Morgan fingerprint density at radius 3 is 2.64 bits per heavy atom. The molecule has 4 rings (SSSR count). The highest BCUT2D eigenvalue weighted by atomic mass is 127. The summed E-state index contributed by atoms with van der Waals surface area (Å²) >= 11 is 2.25. The first-order valence-electron chi connectivity index (χ1n) is 13.9. The van der Waals surface area contributed by atoms with Gasteiger partial charge in [-0.2, -0.15) is 4.89 Å². The number of hydrogen-bond donors (Lipinski definition) is 0. The molecule has 4 atom stereocenters. The predicted octanol–water partition coefficient (Wildman–Crippen LogP) is 3.69. The first kappa shape index (κ1) is 31.5. The molecule has 11 heteroatoms. The Labute approximate surface area is 259 Å². The standard InChI is InChI=1S/C31H37IN3O7/c1-6-15-39-31(38)28-23(20(3)27-26(29(36)35(27)28)21(4)30(37)42-41-16-7-2)18-40-25-11-10-22(17-24(25)32)9-8-12-34-14-13-33(5)19-34/h6-7,10-11,13-14,17,19-21,26-27H,1-2,8-9,12,15-16,18H2,3-5H3/q+1/t20-,21?,26?,27?/m0/s1. The van der Waals surface area contributed by atoms with E-state index in [4.69, 9.17) is 19.2 Å². The summed E-state index contributed by atoms with van der Waals surface area (Å²) in [5.41, 5.74) is 2.03. The van der Waals surface area contributed by atoms with E-state index in [-0.39, 0.29) is 37.3 Å². The van der Waals surface area contributed by atoms with Gasteiger partial charge in [-0.15, -0.1) is 6.58 Å². The van der Waals surface area contributed by atoms with Gasteiger partial charge < -0.3 is 14.4 Å². The fraction of sp³-hybridized carbons (Fsp3) is 0.419. The number of aromatic nitrogens is 2. The molecule has 2 aliphatic rings. The number of fused-ring (bicyclic) bond motifs is 1. The monoisotopic (exact) mass is 690 g/mol. The Bertz CT molecular complexity index is 1380. The van der Waals surface area contributed by atoms with Crippen LogP contribution in [0.25, 0.3) is 0 Å². The normalized spacial score (nSPS) is 20.0. The minimum Gasteiger partial charge on any atom is -0.488 e. The number of β-lactam (4-membered cyclic amide) rings is 1. The SMILES string of the molecule is C=CCOOC(=O)C(C)C1C(=O)N2C(C(=O)OCC=C)=C(COc3ccc(CCCn4cc[n+](C)c4)cc3I)[C@H](C)C12. The summed E-state index contributed by atoms with van der Waals surface area (Å²) in [5, 5.41) is 0. The lowest BCUT2D eigenvalue weighted by Gasteiger charge is -2.47. The molecule has 1 amide bonds. The number of halogens is 1. The number of benzene rings is 1. The number of amides is 1. The molecule has 2 aliphatic heterocycles. The second-order valence-electron chi connectivity index (χ2n) is 10.5. The third kappa shape index (κ3) is 6.78. The molecule has 1 aromatic carbocycles. The predicted molar refractivity (Wildman–Crippen MR) is 161 cm³/mol. The lowest BCUT2D eigenvalue weighted by atomic mass is 9.74. The van der Waals surface area contributed by atoms with E-state index in [0.717, 1.165) is 23.0 Å². The van der Waals surface area contributed by atoms with Gasteiger partial charge in [-0.3, -0.25) is 9.68 Å². The lowest BCUT2D eigenvalue weighted by molar-refractivity contribution is -0.671. The number of esters is 1. The second kappa shape index (κ2) is 14.1. The largest absolute Gasteiger partial charge is 0.488 e. The molecule has 42 heavy (non-hydrogen) atoms. The number of rotatable bonds is 15. The zero-order valence-electron chi connectivity index (χ0n) is 24.2. The van der Waals surface area contributed by atoms with Crippen molar-refractivity contribution in [3.63, 3.8) is 0 Å². The van der Waals surface area contributed by atoms with Gasteiger partial charge in [-0.05, 0) is 53.1 Å². The van der Waals surface area contributed by atoms with Crippen molar-refractivity contribution in [1.82, 2.24) is 9.47 Å². The summed E-state index contributed by atoms with van der Waals surface area (Å²) < 4.78 is 16.7. The lowest BCUT2D eigenvalue weighted by Crippen LogP contribution is -2.63. The zero-order valence-corrected chi connectivity index (χ0v) is 26.3. The maximum absolute atomic E-state index is 13.3. The fourth-order valence-corrected chi connectivity index (χ4v) is 6.21. The maximum Gasteiger partial charge on any atom is 0.355 e. The molecule has 0 aliphatic carbocycles. The van der Waals surface area contributed by atoms with Crippen LogP contribution in [0.3, 0.4) is 0 Å². The molecule has 3 unspecified atom stereocenters. The Morgan fingerprint density at radius 2 is 1.98 bits per heavy atom. The van der Waals surface area contributed by atoms with Crippen molar-refractivity contribution in [3.05, 3.63) is 82.6 Å². The van der Waals surface area contributed by atoms with Crippen molar-refractivity contribution in [1.29, 1.82) is 0 Å². The first-order chi connectivity index (χ1) is 20.2. The van der Waals surface area contributed by atoms with Crippen LogP contribution in [-0.4, -0.2) is 53.2 Å². The third-order valence-electron chi connectivity index (χ3n) is 7.64. The fourth-order valence-electron chi connectivity index (χ4n) is 5.48. The van der Waals surface area contributed by atoms with Gasteiger partial charge in [0, 0.05) is 11.5 Å². The van der Waals surface area contributed by atoms with Crippen molar-refractivity contribution in [2.24, 2.45) is 24.8 Å². The number of hydrogen-bond acceptors (Lipinski definition) is 7. The number of ether oxygens (including phenoxy) is 2. The summed E-state index contributed by atoms with van der Waals surface area (Å²) in [6, 6.07) is 5.68. The van der Waals surface area contributed by atoms with Crippen molar-refractivity contribution < 1.29 is 38.2 Å². The van der Waals surface area contributed by atoms with Crippen LogP contribution >= 0.6 is 22.6 Å². The average molecular weight is 691 g/mol. The Hall–Kier alpha value is -3.45. The molecule has 0 saturated carbocycles. The van der Waals surface area contributed by atoms with Gasteiger partial charge in [0.2, 0.25) is 12.2 Å². The highest BCUT2D eigenvalue weighted by Gasteiger charge is 2.61. The van der Waals surface area contributed by atoms with Gasteiger partial charge in [0.05, 0.1) is 35.0 Å². The second-order valence-corrected chi connectivity index (χ2v) is 11.7. The van der Waals surface area contributed by atoms with Crippen LogP contribution in [0, 0.1) is 21.3 Å². The van der Waals surface area contributed by atoms with Crippen molar-refractivity contribution >= 4 is 40.4 Å². The highest BCUT2D eigenvalue weighted by Crippen LogP contribution is 2.49. The van der Waals surface area contributed by atoms with Crippen molar-refractivity contribution in [2.75, 3.05) is 19.8 Å². The molecule has 0 spiro atoms. The van der Waals surface area contributed by atoms with E-state index in [1.165, 1.54) is 22.6 Å². The zero-order chi connectivity index (χ0) is 30.4. The van der Waals surface area contributed by atoms with E-state index >= 15 is 0 Å². The molecule has 1 aromatic heterocycles. The van der Waals surface area contributed by atoms with Crippen LogP contribution in [0.1, 0.15) is 25.8 Å². The molecule has 3 heterocycles.